The smallest absolute Gasteiger partial charge is 0.0887 e. The highest BCUT2D eigenvalue weighted by Crippen LogP contribution is 2.19. The van der Waals surface area contributed by atoms with Gasteiger partial charge in [-0.25, -0.2) is 4.68 Å². The predicted octanol–water partition coefficient (Wildman–Crippen LogP) is 0.520. The van der Waals surface area contributed by atoms with Crippen molar-refractivity contribution in [2.24, 2.45) is 0 Å². The number of aliphatic hydroxyl groups excluding tert-OH is 1. The van der Waals surface area contributed by atoms with Gasteiger partial charge in [0.15, 0.2) is 0 Å². The molecule has 78 valence electrons. The summed E-state index contributed by atoms with van der Waals surface area (Å²) in [5, 5.41) is 16.5. The van der Waals surface area contributed by atoms with Gasteiger partial charge in [0.2, 0.25) is 0 Å². The third-order valence-corrected chi connectivity index (χ3v) is 2.11. The van der Waals surface area contributed by atoms with Crippen molar-refractivity contribution in [1.82, 2.24) is 15.0 Å². The van der Waals surface area contributed by atoms with Gasteiger partial charge in [0.05, 0.1) is 25.0 Å². The van der Waals surface area contributed by atoms with E-state index in [1.165, 1.54) is 0 Å². The average Bonchev–Trinajstić information content (AvgIpc) is 2.66. The monoisotopic (exact) mass is 204 g/mol. The molecule has 2 aromatic rings. The van der Waals surface area contributed by atoms with E-state index in [9.17, 15) is 0 Å². The van der Waals surface area contributed by atoms with E-state index in [1.807, 2.05) is 24.3 Å². The Morgan fingerprint density at radius 1 is 1.40 bits per heavy atom. The van der Waals surface area contributed by atoms with Gasteiger partial charge in [-0.1, -0.05) is 17.3 Å². The van der Waals surface area contributed by atoms with Crippen LogP contribution in [0.15, 0.2) is 30.5 Å². The SMILES string of the molecule is Nc1cccc(-c2cnnn2CCO)c1. The van der Waals surface area contributed by atoms with Crippen LogP contribution < -0.4 is 5.73 Å². The fourth-order valence-electron chi connectivity index (χ4n) is 1.44. The van der Waals surface area contributed by atoms with E-state index < -0.39 is 0 Å². The number of nitrogen functional groups attached to an aromatic ring is 1. The molecule has 0 bridgehead atoms. The molecule has 5 nitrogen and oxygen atoms in total. The number of rotatable bonds is 3. The zero-order valence-corrected chi connectivity index (χ0v) is 8.17. The molecule has 15 heavy (non-hydrogen) atoms. The van der Waals surface area contributed by atoms with Crippen LogP contribution in [0.4, 0.5) is 5.69 Å². The number of hydrogen-bond acceptors (Lipinski definition) is 4. The molecule has 0 unspecified atom stereocenters. The van der Waals surface area contributed by atoms with Crippen molar-refractivity contribution in [3.05, 3.63) is 30.5 Å². The highest BCUT2D eigenvalue weighted by atomic mass is 16.3. The van der Waals surface area contributed by atoms with Crippen molar-refractivity contribution in [3.63, 3.8) is 0 Å². The first-order chi connectivity index (χ1) is 7.31. The second kappa shape index (κ2) is 4.10. The van der Waals surface area contributed by atoms with E-state index in [4.69, 9.17) is 10.8 Å². The van der Waals surface area contributed by atoms with Crippen LogP contribution in [0.2, 0.25) is 0 Å². The summed E-state index contributed by atoms with van der Waals surface area (Å²) >= 11 is 0. The Bertz CT molecular complexity index is 452. The third kappa shape index (κ3) is 1.97. The van der Waals surface area contributed by atoms with Gasteiger partial charge in [-0.2, -0.15) is 0 Å². The maximum Gasteiger partial charge on any atom is 0.0887 e. The number of nitrogens with zero attached hydrogens (tertiary/aromatic N) is 3. The number of anilines is 1. The van der Waals surface area contributed by atoms with Gasteiger partial charge in [-0.15, -0.1) is 5.10 Å². The van der Waals surface area contributed by atoms with Crippen LogP contribution in [-0.2, 0) is 6.54 Å². The minimum atomic E-state index is 0.0404. The van der Waals surface area contributed by atoms with Crippen LogP contribution in [0, 0.1) is 0 Å². The van der Waals surface area contributed by atoms with Crippen molar-refractivity contribution in [2.75, 3.05) is 12.3 Å². The molecule has 0 radical (unpaired) electrons. The second-order valence-corrected chi connectivity index (χ2v) is 3.19. The molecule has 1 heterocycles. The molecule has 0 aliphatic carbocycles. The zero-order valence-electron chi connectivity index (χ0n) is 8.17. The van der Waals surface area contributed by atoms with E-state index in [1.54, 1.807) is 10.9 Å². The van der Waals surface area contributed by atoms with Crippen LogP contribution in [0.25, 0.3) is 11.3 Å². The molecule has 0 amide bonds. The molecule has 0 saturated carbocycles. The molecule has 0 aliphatic heterocycles. The molecule has 2 rings (SSSR count). The molecule has 0 saturated heterocycles. The Balaban J connectivity index is 2.40. The highest BCUT2D eigenvalue weighted by molar-refractivity contribution is 5.63. The number of aromatic nitrogens is 3. The lowest BCUT2D eigenvalue weighted by Gasteiger charge is -2.04. The van der Waals surface area contributed by atoms with Crippen LogP contribution in [-0.4, -0.2) is 26.7 Å². The number of aliphatic hydroxyl groups is 1. The molecule has 0 spiro atoms. The standard InChI is InChI=1S/C10H12N4O/c11-9-3-1-2-8(6-9)10-7-12-13-14(10)4-5-15/h1-3,6-7,15H,4-5,11H2. The van der Waals surface area contributed by atoms with Gasteiger partial charge in [0.25, 0.3) is 0 Å². The summed E-state index contributed by atoms with van der Waals surface area (Å²) in [6.07, 6.45) is 1.66. The largest absolute Gasteiger partial charge is 0.399 e. The molecule has 5 heteroatoms. The minimum absolute atomic E-state index is 0.0404. The van der Waals surface area contributed by atoms with Crippen molar-refractivity contribution in [1.29, 1.82) is 0 Å². The Morgan fingerprint density at radius 3 is 3.00 bits per heavy atom. The Morgan fingerprint density at radius 2 is 2.27 bits per heavy atom. The minimum Gasteiger partial charge on any atom is -0.399 e. The second-order valence-electron chi connectivity index (χ2n) is 3.19. The molecule has 0 fully saturated rings. The van der Waals surface area contributed by atoms with Gasteiger partial charge >= 0.3 is 0 Å². The fourth-order valence-corrected chi connectivity index (χ4v) is 1.44. The number of nitrogens with two attached hydrogens (primary N) is 1. The van der Waals surface area contributed by atoms with Gasteiger partial charge in [-0.3, -0.25) is 0 Å². The van der Waals surface area contributed by atoms with Crippen molar-refractivity contribution < 1.29 is 5.11 Å². The Hall–Kier alpha value is -1.88. The summed E-state index contributed by atoms with van der Waals surface area (Å²) in [6, 6.07) is 7.49. The van der Waals surface area contributed by atoms with Gasteiger partial charge in [0, 0.05) is 11.3 Å². The van der Waals surface area contributed by atoms with E-state index in [-0.39, 0.29) is 6.61 Å². The third-order valence-electron chi connectivity index (χ3n) is 2.11. The van der Waals surface area contributed by atoms with Gasteiger partial charge in [-0.05, 0) is 12.1 Å². The predicted molar refractivity (Wildman–Crippen MR) is 57.0 cm³/mol. The summed E-state index contributed by atoms with van der Waals surface area (Å²) < 4.78 is 1.65. The summed E-state index contributed by atoms with van der Waals surface area (Å²) in [6.45, 7) is 0.475. The lowest BCUT2D eigenvalue weighted by Crippen LogP contribution is -2.05. The molecule has 3 N–H and O–H groups in total. The first-order valence-corrected chi connectivity index (χ1v) is 4.66. The summed E-state index contributed by atoms with van der Waals surface area (Å²) in [7, 11) is 0. The molecular weight excluding hydrogens is 192 g/mol. The van der Waals surface area contributed by atoms with Crippen LogP contribution in [0.5, 0.6) is 0 Å². The van der Waals surface area contributed by atoms with E-state index in [2.05, 4.69) is 10.3 Å². The maximum absolute atomic E-state index is 8.85. The number of benzene rings is 1. The van der Waals surface area contributed by atoms with Gasteiger partial charge in [0.1, 0.15) is 0 Å². The molecule has 1 aromatic heterocycles. The molecule has 1 aromatic carbocycles. The first kappa shape index (κ1) is 9.67. The van der Waals surface area contributed by atoms with Crippen molar-refractivity contribution in [3.8, 4) is 11.3 Å². The van der Waals surface area contributed by atoms with Gasteiger partial charge < -0.3 is 10.8 Å². The molecular formula is C10H12N4O. The Labute approximate surface area is 87.1 Å². The maximum atomic E-state index is 8.85. The zero-order chi connectivity index (χ0) is 10.7. The molecule has 0 atom stereocenters. The summed E-state index contributed by atoms with van der Waals surface area (Å²) in [4.78, 5) is 0. The lowest BCUT2D eigenvalue weighted by molar-refractivity contribution is 0.269. The van der Waals surface area contributed by atoms with E-state index >= 15 is 0 Å². The van der Waals surface area contributed by atoms with Crippen LogP contribution in [0.3, 0.4) is 0 Å². The van der Waals surface area contributed by atoms with E-state index in [0.29, 0.717) is 12.2 Å². The normalized spacial score (nSPS) is 10.5. The van der Waals surface area contributed by atoms with Crippen molar-refractivity contribution >= 4 is 5.69 Å². The highest BCUT2D eigenvalue weighted by Gasteiger charge is 2.05. The lowest BCUT2D eigenvalue weighted by atomic mass is 10.1. The quantitative estimate of drug-likeness (QED) is 0.714. The van der Waals surface area contributed by atoms with Crippen LogP contribution in [0.1, 0.15) is 0 Å². The fraction of sp³-hybridized carbons (Fsp3) is 0.200. The van der Waals surface area contributed by atoms with Crippen molar-refractivity contribution in [2.45, 2.75) is 6.54 Å². The van der Waals surface area contributed by atoms with Crippen LogP contribution >= 0.6 is 0 Å². The Kier molecular flexibility index (Phi) is 2.64. The summed E-state index contributed by atoms with van der Waals surface area (Å²) in [5.74, 6) is 0. The number of hydrogen-bond donors (Lipinski definition) is 2. The molecule has 0 aliphatic rings. The average molecular weight is 204 g/mol. The topological polar surface area (TPSA) is 77.0 Å². The summed E-state index contributed by atoms with van der Waals surface area (Å²) in [5.41, 5.74) is 8.20. The first-order valence-electron chi connectivity index (χ1n) is 4.66. The van der Waals surface area contributed by atoms with E-state index in [0.717, 1.165) is 11.3 Å².